The number of alkyl halides is 6. The molecule has 0 spiro atoms. The van der Waals surface area contributed by atoms with Gasteiger partial charge < -0.3 is 20.1 Å². The van der Waals surface area contributed by atoms with Crippen LogP contribution in [-0.4, -0.2) is 54.7 Å². The molecular formula is C19H20F6N4O4. The number of aliphatic carboxylic acids is 1. The molecule has 1 aromatic rings. The van der Waals surface area contributed by atoms with Gasteiger partial charge in [-0.1, -0.05) is 0 Å². The number of hydrazone groups is 1. The van der Waals surface area contributed by atoms with Crippen molar-refractivity contribution in [3.63, 3.8) is 0 Å². The molecule has 3 heterocycles. The number of hydrogen-bond donors (Lipinski definition) is 3. The van der Waals surface area contributed by atoms with Gasteiger partial charge in [-0.2, -0.15) is 31.4 Å². The van der Waals surface area contributed by atoms with Gasteiger partial charge in [-0.3, -0.25) is 4.79 Å². The zero-order valence-corrected chi connectivity index (χ0v) is 17.2. The van der Waals surface area contributed by atoms with Crippen LogP contribution < -0.4 is 20.4 Å². The monoisotopic (exact) mass is 482 g/mol. The number of anilines is 1. The number of nitrogens with zero attached hydrogens (tertiary/aromatic N) is 2. The van der Waals surface area contributed by atoms with Crippen molar-refractivity contribution in [2.75, 3.05) is 24.6 Å². The van der Waals surface area contributed by atoms with Gasteiger partial charge >= 0.3 is 18.3 Å². The quantitative estimate of drug-likeness (QED) is 0.532. The van der Waals surface area contributed by atoms with Crippen molar-refractivity contribution in [1.82, 2.24) is 10.7 Å². The van der Waals surface area contributed by atoms with Crippen molar-refractivity contribution in [3.05, 3.63) is 23.3 Å². The molecule has 3 aliphatic rings. The van der Waals surface area contributed by atoms with Gasteiger partial charge in [-0.15, -0.1) is 0 Å². The van der Waals surface area contributed by atoms with E-state index in [0.717, 1.165) is 6.07 Å². The lowest BCUT2D eigenvalue weighted by molar-refractivity contribution is -0.192. The zero-order chi connectivity index (χ0) is 24.6. The summed E-state index contributed by atoms with van der Waals surface area (Å²) in [5.74, 6) is -2.62. The van der Waals surface area contributed by atoms with Gasteiger partial charge in [0.1, 0.15) is 18.4 Å². The maximum Gasteiger partial charge on any atom is 0.490 e. The number of carboxylic acids is 1. The Bertz CT molecular complexity index is 957. The van der Waals surface area contributed by atoms with Gasteiger partial charge in [0.25, 0.3) is 5.91 Å². The number of amidine groups is 1. The predicted molar refractivity (Wildman–Crippen MR) is 103 cm³/mol. The topological polar surface area (TPSA) is 103 Å². The molecule has 33 heavy (non-hydrogen) atoms. The van der Waals surface area contributed by atoms with Gasteiger partial charge in [0, 0.05) is 0 Å². The Kier molecular flexibility index (Phi) is 6.77. The summed E-state index contributed by atoms with van der Waals surface area (Å²) in [6, 6.07) is 2.04. The molecule has 3 aliphatic heterocycles. The molecule has 14 heteroatoms. The Hall–Kier alpha value is -3.03. The van der Waals surface area contributed by atoms with Crippen molar-refractivity contribution in [2.45, 2.75) is 44.1 Å². The lowest BCUT2D eigenvalue weighted by Gasteiger charge is -2.39. The SMILES string of the molecule is CC1C(=O)NN=C2COc3cc(C(F)(F)F)c(C4CCNCC4)cc3N21.O=C(O)C(F)(F)F. The Balaban J connectivity index is 0.000000383. The Labute approximate surface area is 183 Å². The van der Waals surface area contributed by atoms with Crippen LogP contribution in [-0.2, 0) is 15.8 Å². The number of piperidine rings is 1. The first-order chi connectivity index (χ1) is 15.3. The van der Waals surface area contributed by atoms with Gasteiger partial charge in [0.2, 0.25) is 0 Å². The number of rotatable bonds is 1. The number of hydrogen-bond acceptors (Lipinski definition) is 6. The number of carboxylic acid groups (broad SMARTS) is 1. The second-order valence-corrected chi connectivity index (χ2v) is 7.57. The van der Waals surface area contributed by atoms with Crippen molar-refractivity contribution < 1.29 is 45.8 Å². The summed E-state index contributed by atoms with van der Waals surface area (Å²) in [4.78, 5) is 22.5. The summed E-state index contributed by atoms with van der Waals surface area (Å²) in [5.41, 5.74) is 2.50. The summed E-state index contributed by atoms with van der Waals surface area (Å²) in [6.07, 6.45) is -8.27. The van der Waals surface area contributed by atoms with E-state index in [4.69, 9.17) is 14.6 Å². The van der Waals surface area contributed by atoms with Crippen LogP contribution in [0.5, 0.6) is 5.75 Å². The molecule has 1 amide bonds. The van der Waals surface area contributed by atoms with Crippen LogP contribution in [0.3, 0.4) is 0 Å². The third-order valence-corrected chi connectivity index (χ3v) is 5.41. The molecule has 182 valence electrons. The van der Waals surface area contributed by atoms with Gasteiger partial charge in [-0.25, -0.2) is 10.2 Å². The number of halogens is 6. The van der Waals surface area contributed by atoms with Crippen LogP contribution in [0.15, 0.2) is 17.2 Å². The first kappa shape index (κ1) is 24.6. The van der Waals surface area contributed by atoms with E-state index in [1.807, 2.05) is 0 Å². The van der Waals surface area contributed by atoms with Crippen LogP contribution in [0, 0.1) is 0 Å². The van der Waals surface area contributed by atoms with Crippen molar-refractivity contribution in [3.8, 4) is 5.75 Å². The number of nitrogens with one attached hydrogen (secondary N) is 2. The summed E-state index contributed by atoms with van der Waals surface area (Å²) >= 11 is 0. The van der Waals surface area contributed by atoms with Crippen molar-refractivity contribution in [1.29, 1.82) is 0 Å². The summed E-state index contributed by atoms with van der Waals surface area (Å²) in [6.45, 7) is 3.08. The van der Waals surface area contributed by atoms with E-state index in [9.17, 15) is 31.1 Å². The Morgan fingerprint density at radius 2 is 1.79 bits per heavy atom. The minimum absolute atomic E-state index is 0.0155. The molecule has 1 aromatic carbocycles. The second kappa shape index (κ2) is 9.08. The molecule has 1 saturated heterocycles. The zero-order valence-electron chi connectivity index (χ0n) is 17.2. The third-order valence-electron chi connectivity index (χ3n) is 5.41. The molecule has 0 bridgehead atoms. The van der Waals surface area contributed by atoms with Crippen LogP contribution in [0.1, 0.15) is 36.8 Å². The van der Waals surface area contributed by atoms with E-state index in [2.05, 4.69) is 15.8 Å². The minimum atomic E-state index is -5.08. The number of carbonyl (C=O) groups excluding carboxylic acids is 1. The molecule has 0 aliphatic carbocycles. The maximum absolute atomic E-state index is 13.7. The van der Waals surface area contributed by atoms with Gasteiger partial charge in [0.05, 0.1) is 11.3 Å². The second-order valence-electron chi connectivity index (χ2n) is 7.57. The highest BCUT2D eigenvalue weighted by atomic mass is 19.4. The highest BCUT2D eigenvalue weighted by molar-refractivity contribution is 6.09. The normalized spacial score (nSPS) is 20.9. The first-order valence-electron chi connectivity index (χ1n) is 9.85. The van der Waals surface area contributed by atoms with Gasteiger partial charge in [-0.05, 0) is 56.5 Å². The summed E-state index contributed by atoms with van der Waals surface area (Å²) in [5, 5.41) is 14.3. The van der Waals surface area contributed by atoms with Crippen molar-refractivity contribution >= 4 is 23.4 Å². The molecule has 0 aromatic heterocycles. The predicted octanol–water partition coefficient (Wildman–Crippen LogP) is 2.84. The molecule has 0 radical (unpaired) electrons. The molecule has 1 atom stereocenters. The molecule has 4 rings (SSSR count). The smallest absolute Gasteiger partial charge is 0.483 e. The molecule has 1 fully saturated rings. The van der Waals surface area contributed by atoms with E-state index >= 15 is 0 Å². The van der Waals surface area contributed by atoms with Gasteiger partial charge in [0.15, 0.2) is 5.84 Å². The number of carbonyl (C=O) groups is 2. The van der Waals surface area contributed by atoms with Crippen LogP contribution in [0.25, 0.3) is 0 Å². The summed E-state index contributed by atoms with van der Waals surface area (Å²) in [7, 11) is 0. The lowest BCUT2D eigenvalue weighted by atomic mass is 9.86. The van der Waals surface area contributed by atoms with E-state index in [1.165, 1.54) is 6.07 Å². The molecule has 1 unspecified atom stereocenters. The summed E-state index contributed by atoms with van der Waals surface area (Å²) < 4.78 is 78.3. The number of fused-ring (bicyclic) bond motifs is 3. The Morgan fingerprint density at radius 3 is 2.33 bits per heavy atom. The van der Waals surface area contributed by atoms with E-state index in [0.29, 0.717) is 37.5 Å². The number of ether oxygens (including phenoxy) is 1. The molecule has 0 saturated carbocycles. The third kappa shape index (κ3) is 5.31. The van der Waals surface area contributed by atoms with E-state index in [-0.39, 0.29) is 29.7 Å². The largest absolute Gasteiger partial charge is 0.490 e. The van der Waals surface area contributed by atoms with Crippen LogP contribution in [0.4, 0.5) is 32.0 Å². The highest BCUT2D eigenvalue weighted by Gasteiger charge is 2.41. The average Bonchev–Trinajstić information content (AvgIpc) is 2.74. The number of benzene rings is 1. The van der Waals surface area contributed by atoms with E-state index in [1.54, 1.807) is 11.8 Å². The maximum atomic E-state index is 13.7. The molecule has 8 nitrogen and oxygen atoms in total. The fraction of sp³-hybridized carbons (Fsp3) is 0.526. The fourth-order valence-electron chi connectivity index (χ4n) is 3.80. The lowest BCUT2D eigenvalue weighted by Crippen LogP contribution is -2.55. The minimum Gasteiger partial charge on any atom is -0.483 e. The van der Waals surface area contributed by atoms with Crippen molar-refractivity contribution in [2.24, 2.45) is 5.10 Å². The Morgan fingerprint density at radius 1 is 1.18 bits per heavy atom. The van der Waals surface area contributed by atoms with Crippen LogP contribution >= 0.6 is 0 Å². The standard InChI is InChI=1S/C17H19F3N4O2.C2HF3O2/c1-9-16(25)23-22-15-8-26-14-7-12(17(18,19)20)11(6-13(14)24(9)15)10-2-4-21-5-3-10;3-2(4,5)1(6)7/h6-7,9-10,21H,2-5,8H2,1H3,(H,23,25);(H,6,7). The first-order valence-corrected chi connectivity index (χ1v) is 9.85. The molecular weight excluding hydrogens is 462 g/mol. The molecule has 3 N–H and O–H groups in total. The average molecular weight is 482 g/mol. The highest BCUT2D eigenvalue weighted by Crippen LogP contribution is 2.45. The fourth-order valence-corrected chi connectivity index (χ4v) is 3.80. The number of amides is 1. The van der Waals surface area contributed by atoms with Crippen LogP contribution in [0.2, 0.25) is 0 Å². The van der Waals surface area contributed by atoms with E-state index < -0.39 is 29.9 Å².